The normalized spacial score (nSPS) is 10.3. The number of aldehydes is 1. The van der Waals surface area contributed by atoms with Gasteiger partial charge in [0.15, 0.2) is 0 Å². The van der Waals surface area contributed by atoms with Gasteiger partial charge in [0, 0.05) is 12.2 Å². The van der Waals surface area contributed by atoms with E-state index in [4.69, 9.17) is 0 Å². The molecule has 0 amide bonds. The van der Waals surface area contributed by atoms with Crippen LogP contribution in [0.25, 0.3) is 0 Å². The Bertz CT molecular complexity index is 187. The van der Waals surface area contributed by atoms with Crippen molar-refractivity contribution in [1.29, 1.82) is 0 Å². The van der Waals surface area contributed by atoms with Crippen LogP contribution in [0, 0.1) is 0 Å². The Labute approximate surface area is 88.4 Å². The van der Waals surface area contributed by atoms with Crippen molar-refractivity contribution in [3.05, 3.63) is 0 Å². The van der Waals surface area contributed by atoms with E-state index < -0.39 is 10.1 Å². The summed E-state index contributed by atoms with van der Waals surface area (Å²) in [5, 5.41) is 0. The second-order valence-electron chi connectivity index (χ2n) is 1.92. The molecule has 60 valence electrons. The van der Waals surface area contributed by atoms with Crippen LogP contribution in [0.2, 0.25) is 0 Å². The smallest absolute Gasteiger partial charge is 0.748 e. The van der Waals surface area contributed by atoms with Crippen LogP contribution in [0.3, 0.4) is 0 Å². The Morgan fingerprint density at radius 3 is 2.18 bits per heavy atom. The summed E-state index contributed by atoms with van der Waals surface area (Å²) in [5.41, 5.74) is 0. The average molecular weight is 188 g/mol. The van der Waals surface area contributed by atoms with Gasteiger partial charge in [-0.25, -0.2) is 8.42 Å². The summed E-state index contributed by atoms with van der Waals surface area (Å²) < 4.78 is 29.9. The largest absolute Gasteiger partial charge is 1.00 e. The van der Waals surface area contributed by atoms with Gasteiger partial charge < -0.3 is 9.35 Å². The molecule has 0 aromatic heterocycles. The predicted octanol–water partition coefficient (Wildman–Crippen LogP) is -3.10. The Hall–Kier alpha value is 0.580. The monoisotopic (exact) mass is 188 g/mol. The van der Waals surface area contributed by atoms with Gasteiger partial charge >= 0.3 is 29.6 Å². The van der Waals surface area contributed by atoms with Crippen LogP contribution >= 0.6 is 0 Å². The number of rotatable bonds is 5. The summed E-state index contributed by atoms with van der Waals surface area (Å²) >= 11 is 0. The van der Waals surface area contributed by atoms with Gasteiger partial charge in [-0.05, 0) is 12.8 Å². The zero-order valence-electron chi connectivity index (χ0n) is 6.45. The van der Waals surface area contributed by atoms with Gasteiger partial charge in [-0.1, -0.05) is 0 Å². The second-order valence-corrected chi connectivity index (χ2v) is 3.45. The molecular formula is C5H9NaO4S. The van der Waals surface area contributed by atoms with Crippen LogP contribution in [0.1, 0.15) is 19.3 Å². The fraction of sp³-hybridized carbons (Fsp3) is 0.800. The maximum Gasteiger partial charge on any atom is 1.00 e. The minimum absolute atomic E-state index is 0. The third-order valence-electron chi connectivity index (χ3n) is 0.966. The number of carbonyl (C=O) groups is 1. The van der Waals surface area contributed by atoms with Crippen LogP contribution < -0.4 is 29.6 Å². The third-order valence-corrected chi connectivity index (χ3v) is 1.75. The number of carbonyl (C=O) groups excluding carboxylic acids is 1. The maximum atomic E-state index is 9.95. The van der Waals surface area contributed by atoms with E-state index in [1.807, 2.05) is 0 Å². The van der Waals surface area contributed by atoms with Gasteiger partial charge in [0.25, 0.3) is 0 Å². The van der Waals surface area contributed by atoms with Gasteiger partial charge in [-0.2, -0.15) is 0 Å². The second kappa shape index (κ2) is 7.24. The molecule has 11 heavy (non-hydrogen) atoms. The summed E-state index contributed by atoms with van der Waals surface area (Å²) in [5.74, 6) is -0.360. The van der Waals surface area contributed by atoms with E-state index in [0.29, 0.717) is 19.1 Å². The van der Waals surface area contributed by atoms with Crippen LogP contribution in [0.4, 0.5) is 0 Å². The molecule has 0 saturated heterocycles. The fourth-order valence-corrected chi connectivity index (χ4v) is 1.06. The van der Waals surface area contributed by atoms with Gasteiger partial charge in [-0.15, -0.1) is 0 Å². The first kappa shape index (κ1) is 14.1. The van der Waals surface area contributed by atoms with Crippen molar-refractivity contribution in [2.45, 2.75) is 19.3 Å². The van der Waals surface area contributed by atoms with Crippen molar-refractivity contribution in [1.82, 2.24) is 0 Å². The van der Waals surface area contributed by atoms with Crippen molar-refractivity contribution in [3.8, 4) is 0 Å². The molecule has 4 nitrogen and oxygen atoms in total. The number of unbranched alkanes of at least 4 members (excludes halogenated alkanes) is 2. The van der Waals surface area contributed by atoms with Gasteiger partial charge in [0.1, 0.15) is 6.29 Å². The molecule has 0 spiro atoms. The molecule has 0 aromatic carbocycles. The zero-order valence-corrected chi connectivity index (χ0v) is 9.26. The molecule has 0 aliphatic rings. The maximum absolute atomic E-state index is 9.95. The van der Waals surface area contributed by atoms with Gasteiger partial charge in [0.05, 0.1) is 10.1 Å². The van der Waals surface area contributed by atoms with Crippen molar-refractivity contribution < 1.29 is 47.3 Å². The Morgan fingerprint density at radius 2 is 1.82 bits per heavy atom. The molecule has 0 saturated carbocycles. The molecule has 0 unspecified atom stereocenters. The van der Waals surface area contributed by atoms with Crippen molar-refractivity contribution >= 4 is 16.4 Å². The first-order valence-electron chi connectivity index (χ1n) is 2.93. The molecule has 0 atom stereocenters. The quantitative estimate of drug-likeness (QED) is 0.198. The van der Waals surface area contributed by atoms with Crippen LogP contribution in [0.15, 0.2) is 0 Å². The molecule has 0 N–H and O–H groups in total. The standard InChI is InChI=1S/C5H10O4S.Na/c6-4-2-1-3-5-10(7,8)9;/h4H,1-3,5H2,(H,7,8,9);/q;+1/p-1. The Morgan fingerprint density at radius 1 is 1.27 bits per heavy atom. The summed E-state index contributed by atoms with van der Waals surface area (Å²) in [6.45, 7) is 0. The molecule has 0 rings (SSSR count). The third kappa shape index (κ3) is 13.6. The molecule has 0 aliphatic heterocycles. The van der Waals surface area contributed by atoms with Crippen LogP contribution in [-0.2, 0) is 14.9 Å². The van der Waals surface area contributed by atoms with Gasteiger partial charge in [-0.3, -0.25) is 0 Å². The zero-order chi connectivity index (χ0) is 8.04. The topological polar surface area (TPSA) is 74.3 Å². The summed E-state index contributed by atoms with van der Waals surface area (Å²) in [6.07, 6.45) is 1.79. The minimum atomic E-state index is -4.07. The summed E-state index contributed by atoms with van der Waals surface area (Å²) in [6, 6.07) is 0. The van der Waals surface area contributed by atoms with E-state index in [9.17, 15) is 17.8 Å². The summed E-state index contributed by atoms with van der Waals surface area (Å²) in [4.78, 5) is 9.70. The van der Waals surface area contributed by atoms with E-state index in [1.165, 1.54) is 0 Å². The van der Waals surface area contributed by atoms with E-state index >= 15 is 0 Å². The van der Waals surface area contributed by atoms with E-state index in [2.05, 4.69) is 0 Å². The molecule has 6 heteroatoms. The Kier molecular flexibility index (Phi) is 9.30. The molecular weight excluding hydrogens is 179 g/mol. The first-order chi connectivity index (χ1) is 4.56. The SMILES string of the molecule is O=CCCCCS(=O)(=O)[O-].[Na+]. The van der Waals surface area contributed by atoms with Crippen molar-refractivity contribution in [2.24, 2.45) is 0 Å². The van der Waals surface area contributed by atoms with Crippen molar-refractivity contribution in [2.75, 3.05) is 5.75 Å². The van der Waals surface area contributed by atoms with Crippen LogP contribution in [0.5, 0.6) is 0 Å². The fourth-order valence-electron chi connectivity index (χ4n) is 0.507. The van der Waals surface area contributed by atoms with E-state index in [1.54, 1.807) is 0 Å². The summed E-state index contributed by atoms with van der Waals surface area (Å²) in [7, 11) is -4.07. The van der Waals surface area contributed by atoms with Gasteiger partial charge in [0.2, 0.25) is 0 Å². The minimum Gasteiger partial charge on any atom is -0.748 e. The molecule has 0 aliphatic carbocycles. The molecule has 0 fully saturated rings. The molecule has 0 heterocycles. The molecule has 0 bridgehead atoms. The average Bonchev–Trinajstić information content (AvgIpc) is 1.78. The number of hydrogen-bond acceptors (Lipinski definition) is 4. The van der Waals surface area contributed by atoms with E-state index in [0.717, 1.165) is 0 Å². The predicted molar refractivity (Wildman–Crippen MR) is 34.5 cm³/mol. The Balaban J connectivity index is 0. The number of hydrogen-bond donors (Lipinski definition) is 0. The molecule has 0 radical (unpaired) electrons. The molecule has 0 aromatic rings. The van der Waals surface area contributed by atoms with Crippen LogP contribution in [-0.4, -0.2) is 25.0 Å². The van der Waals surface area contributed by atoms with Crippen molar-refractivity contribution in [3.63, 3.8) is 0 Å². The van der Waals surface area contributed by atoms with E-state index in [-0.39, 0.29) is 41.7 Å². The first-order valence-corrected chi connectivity index (χ1v) is 4.51.